The number of fused-ring (bicyclic) bond motifs is 1. The van der Waals surface area contributed by atoms with Gasteiger partial charge in [0.05, 0.1) is 6.54 Å². The van der Waals surface area contributed by atoms with E-state index in [2.05, 4.69) is 10.1 Å². The maximum atomic E-state index is 12.2. The second-order valence-electron chi connectivity index (χ2n) is 4.38. The lowest BCUT2D eigenvalue weighted by Gasteiger charge is -2.04. The Kier molecular flexibility index (Phi) is 3.51. The molecule has 2 heterocycles. The van der Waals surface area contributed by atoms with Crippen molar-refractivity contribution >= 4 is 45.2 Å². The third-order valence-electron chi connectivity index (χ3n) is 3.05. The second kappa shape index (κ2) is 5.17. The number of hydrogen-bond donors (Lipinski definition) is 0. The lowest BCUT2D eigenvalue weighted by molar-refractivity contribution is 0.695. The van der Waals surface area contributed by atoms with Crippen LogP contribution in [0.15, 0.2) is 35.1 Å². The average molecular weight is 401 g/mol. The molecule has 0 atom stereocenters. The van der Waals surface area contributed by atoms with Crippen LogP contribution in [0.3, 0.4) is 0 Å². The maximum absolute atomic E-state index is 12.2. The highest BCUT2D eigenvalue weighted by atomic mass is 127. The lowest BCUT2D eigenvalue weighted by Crippen LogP contribution is -2.19. The normalized spacial score (nSPS) is 11.2. The molecule has 0 aliphatic heterocycles. The van der Waals surface area contributed by atoms with Crippen LogP contribution in [0.5, 0.6) is 0 Å². The van der Waals surface area contributed by atoms with Gasteiger partial charge in [-0.1, -0.05) is 30.3 Å². The number of benzene rings is 1. The molecule has 0 saturated heterocycles. The minimum absolute atomic E-state index is 0.160. The van der Waals surface area contributed by atoms with Crippen LogP contribution in [0.4, 0.5) is 0 Å². The highest BCUT2D eigenvalue weighted by molar-refractivity contribution is 14.1. The molecule has 0 bridgehead atoms. The summed E-state index contributed by atoms with van der Waals surface area (Å²) in [5.74, 6) is 0. The Labute approximate surface area is 133 Å². The monoisotopic (exact) mass is 400 g/mol. The fraction of sp³-hybridized carbons (Fsp3) is 0.154. The summed E-state index contributed by atoms with van der Waals surface area (Å²) < 4.78 is 3.67. The molecule has 0 spiro atoms. The summed E-state index contributed by atoms with van der Waals surface area (Å²) in [6.07, 6.45) is 0. The van der Waals surface area contributed by atoms with Crippen LogP contribution in [0.1, 0.15) is 5.56 Å². The molecule has 2 aromatic heterocycles. The molecule has 3 rings (SSSR count). The number of nitrogens with zero attached hydrogens (tertiary/aromatic N) is 4. The van der Waals surface area contributed by atoms with Crippen molar-refractivity contribution in [1.82, 2.24) is 19.3 Å². The predicted octanol–water partition coefficient (Wildman–Crippen LogP) is 2.44. The van der Waals surface area contributed by atoms with Crippen molar-refractivity contribution < 1.29 is 0 Å². The number of hydrogen-bond acceptors (Lipinski definition) is 3. The van der Waals surface area contributed by atoms with Gasteiger partial charge in [0, 0.05) is 7.05 Å². The molecule has 0 amide bonds. The molecule has 7 heteroatoms. The van der Waals surface area contributed by atoms with E-state index in [0.29, 0.717) is 21.3 Å². The van der Waals surface area contributed by atoms with Gasteiger partial charge < -0.3 is 0 Å². The van der Waals surface area contributed by atoms with Gasteiger partial charge in [-0.3, -0.25) is 9.36 Å². The van der Waals surface area contributed by atoms with Gasteiger partial charge in [-0.25, -0.2) is 4.68 Å². The minimum Gasteiger partial charge on any atom is -0.286 e. The third kappa shape index (κ3) is 2.22. The summed E-state index contributed by atoms with van der Waals surface area (Å²) in [6.45, 7) is 0.552. The van der Waals surface area contributed by atoms with Gasteiger partial charge >= 0.3 is 0 Å². The first-order valence-electron chi connectivity index (χ1n) is 5.90. The Hall–Kier alpha value is -1.41. The number of aromatic nitrogens is 4. The zero-order valence-electron chi connectivity index (χ0n) is 10.5. The molecular formula is C13H10ClIN4O. The SMILES string of the molecule is Cn1c(Cl)nc2c(c(I)nn2Cc2ccccc2)c1=O. The molecular weight excluding hydrogens is 391 g/mol. The molecule has 0 aliphatic rings. The fourth-order valence-electron chi connectivity index (χ4n) is 2.00. The summed E-state index contributed by atoms with van der Waals surface area (Å²) in [5, 5.41) is 5.07. The van der Waals surface area contributed by atoms with Gasteiger partial charge in [-0.15, -0.1) is 0 Å². The highest BCUT2D eigenvalue weighted by Gasteiger charge is 2.16. The molecule has 0 N–H and O–H groups in total. The summed E-state index contributed by atoms with van der Waals surface area (Å²) >= 11 is 8.03. The van der Waals surface area contributed by atoms with Gasteiger partial charge in [0.1, 0.15) is 9.09 Å². The number of rotatable bonds is 2. The van der Waals surface area contributed by atoms with Crippen molar-refractivity contribution in [2.24, 2.45) is 7.05 Å². The zero-order valence-corrected chi connectivity index (χ0v) is 13.5. The van der Waals surface area contributed by atoms with Crippen LogP contribution < -0.4 is 5.56 Å². The van der Waals surface area contributed by atoms with Crippen molar-refractivity contribution in [2.45, 2.75) is 6.54 Å². The van der Waals surface area contributed by atoms with Crippen molar-refractivity contribution in [3.63, 3.8) is 0 Å². The molecule has 0 unspecified atom stereocenters. The summed E-state index contributed by atoms with van der Waals surface area (Å²) in [5.41, 5.74) is 1.43. The average Bonchev–Trinajstić information content (AvgIpc) is 2.73. The Morgan fingerprint density at radius 1 is 1.30 bits per heavy atom. The number of halogens is 2. The van der Waals surface area contributed by atoms with E-state index in [1.165, 1.54) is 4.57 Å². The van der Waals surface area contributed by atoms with Crippen molar-refractivity contribution in [2.75, 3.05) is 0 Å². The first-order valence-corrected chi connectivity index (χ1v) is 7.36. The largest absolute Gasteiger partial charge is 0.286 e. The van der Waals surface area contributed by atoms with Crippen LogP contribution in [0.2, 0.25) is 5.28 Å². The van der Waals surface area contributed by atoms with E-state index in [1.807, 2.05) is 52.9 Å². The minimum atomic E-state index is -0.177. The van der Waals surface area contributed by atoms with Gasteiger partial charge in [0.15, 0.2) is 5.65 Å². The highest BCUT2D eigenvalue weighted by Crippen LogP contribution is 2.18. The van der Waals surface area contributed by atoms with Crippen LogP contribution in [-0.4, -0.2) is 19.3 Å². The van der Waals surface area contributed by atoms with E-state index < -0.39 is 0 Å². The topological polar surface area (TPSA) is 52.7 Å². The van der Waals surface area contributed by atoms with Crippen LogP contribution in [0, 0.1) is 3.70 Å². The molecule has 1 aromatic carbocycles. The van der Waals surface area contributed by atoms with Gasteiger partial charge in [-0.05, 0) is 39.8 Å². The smallest absolute Gasteiger partial charge is 0.266 e. The first-order chi connectivity index (χ1) is 9.58. The molecule has 0 aliphatic carbocycles. The molecule has 102 valence electrons. The summed E-state index contributed by atoms with van der Waals surface area (Å²) in [6, 6.07) is 9.89. The lowest BCUT2D eigenvalue weighted by atomic mass is 10.2. The van der Waals surface area contributed by atoms with Crippen molar-refractivity contribution in [3.8, 4) is 0 Å². The standard InChI is InChI=1S/C13H10ClIN4O/c1-18-12(20)9-10(15)17-19(11(9)16-13(18)14)7-8-5-3-2-4-6-8/h2-6H,7H2,1H3. The Balaban J connectivity index is 2.21. The van der Waals surface area contributed by atoms with E-state index in [9.17, 15) is 4.79 Å². The van der Waals surface area contributed by atoms with Crippen LogP contribution in [0.25, 0.3) is 11.0 Å². The molecule has 0 radical (unpaired) electrons. The van der Waals surface area contributed by atoms with Crippen molar-refractivity contribution in [1.29, 1.82) is 0 Å². The van der Waals surface area contributed by atoms with Crippen LogP contribution >= 0.6 is 34.2 Å². The first kappa shape index (κ1) is 13.6. The molecule has 20 heavy (non-hydrogen) atoms. The Bertz CT molecular complexity index is 841. The van der Waals surface area contributed by atoms with Gasteiger partial charge in [0.25, 0.3) is 5.56 Å². The molecule has 5 nitrogen and oxygen atoms in total. The Morgan fingerprint density at radius 2 is 2.00 bits per heavy atom. The predicted molar refractivity (Wildman–Crippen MR) is 86.0 cm³/mol. The van der Waals surface area contributed by atoms with Crippen molar-refractivity contribution in [3.05, 3.63) is 55.2 Å². The van der Waals surface area contributed by atoms with E-state index in [-0.39, 0.29) is 10.8 Å². The summed E-state index contributed by atoms with van der Waals surface area (Å²) in [4.78, 5) is 16.5. The Morgan fingerprint density at radius 3 is 2.70 bits per heavy atom. The molecule has 3 aromatic rings. The van der Waals surface area contributed by atoms with Crippen LogP contribution in [-0.2, 0) is 13.6 Å². The molecule has 0 saturated carbocycles. The maximum Gasteiger partial charge on any atom is 0.266 e. The quantitative estimate of drug-likeness (QED) is 0.490. The van der Waals surface area contributed by atoms with E-state index in [4.69, 9.17) is 11.6 Å². The zero-order chi connectivity index (χ0) is 14.3. The van der Waals surface area contributed by atoms with E-state index >= 15 is 0 Å². The molecule has 0 fully saturated rings. The van der Waals surface area contributed by atoms with E-state index in [0.717, 1.165) is 5.56 Å². The van der Waals surface area contributed by atoms with E-state index in [1.54, 1.807) is 11.7 Å². The summed E-state index contributed by atoms with van der Waals surface area (Å²) in [7, 11) is 1.60. The third-order valence-corrected chi connectivity index (χ3v) is 4.14. The fourth-order valence-corrected chi connectivity index (χ4v) is 2.89. The van der Waals surface area contributed by atoms with Gasteiger partial charge in [0.2, 0.25) is 5.28 Å². The van der Waals surface area contributed by atoms with Gasteiger partial charge in [-0.2, -0.15) is 10.1 Å². The second-order valence-corrected chi connectivity index (χ2v) is 5.74.